The Morgan fingerprint density at radius 2 is 1.81 bits per heavy atom. The zero-order valence-corrected chi connectivity index (χ0v) is 10.6. The number of aliphatic hydroxyl groups is 1. The van der Waals surface area contributed by atoms with E-state index in [1.165, 1.54) is 0 Å². The van der Waals surface area contributed by atoms with Crippen LogP contribution in [0.5, 0.6) is 0 Å². The zero-order valence-electron chi connectivity index (χ0n) is 10.6. The second-order valence-corrected chi connectivity index (χ2v) is 3.41. The van der Waals surface area contributed by atoms with Gasteiger partial charge in [0.05, 0.1) is 6.61 Å². The summed E-state index contributed by atoms with van der Waals surface area (Å²) < 4.78 is 15.9. The molecule has 0 aliphatic heterocycles. The summed E-state index contributed by atoms with van der Waals surface area (Å²) in [6.45, 7) is 6.46. The molecule has 0 radical (unpaired) electrons. The summed E-state index contributed by atoms with van der Waals surface area (Å²) in [5.74, 6) is 0. The molecule has 0 saturated heterocycles. The Kier molecular flexibility index (Phi) is 11.1. The van der Waals surface area contributed by atoms with E-state index in [1.807, 2.05) is 13.8 Å². The van der Waals surface area contributed by atoms with E-state index in [0.29, 0.717) is 32.8 Å². The summed E-state index contributed by atoms with van der Waals surface area (Å²) in [5.41, 5.74) is 0. The van der Waals surface area contributed by atoms with Crippen LogP contribution in [0.1, 0.15) is 20.3 Å². The van der Waals surface area contributed by atoms with Gasteiger partial charge in [0.15, 0.2) is 6.29 Å². The van der Waals surface area contributed by atoms with Gasteiger partial charge in [0.25, 0.3) is 0 Å². The molecule has 1 unspecified atom stereocenters. The fourth-order valence-electron chi connectivity index (χ4n) is 1.40. The van der Waals surface area contributed by atoms with Crippen LogP contribution in [0.15, 0.2) is 0 Å². The number of methoxy groups -OCH3 is 1. The van der Waals surface area contributed by atoms with E-state index >= 15 is 0 Å². The minimum atomic E-state index is -0.229. The smallest absolute Gasteiger partial charge is 0.169 e. The number of rotatable bonds is 11. The standard InChI is InChI=1S/C11H25NO4/c1-4-15-11(16-5-2)8-12-10(6-7-13)9-14-3/h10-13H,4-9H2,1-3H3. The van der Waals surface area contributed by atoms with Crippen molar-refractivity contribution in [3.63, 3.8) is 0 Å². The van der Waals surface area contributed by atoms with Crippen LogP contribution in [0.3, 0.4) is 0 Å². The largest absolute Gasteiger partial charge is 0.396 e. The maximum Gasteiger partial charge on any atom is 0.169 e. The number of hydrogen-bond acceptors (Lipinski definition) is 5. The Labute approximate surface area is 98.1 Å². The lowest BCUT2D eigenvalue weighted by atomic mass is 10.2. The lowest BCUT2D eigenvalue weighted by molar-refractivity contribution is -0.134. The first-order chi connectivity index (χ1) is 7.78. The normalized spacial score (nSPS) is 13.3. The van der Waals surface area contributed by atoms with Gasteiger partial charge in [0.1, 0.15) is 0 Å². The highest BCUT2D eigenvalue weighted by Crippen LogP contribution is 1.97. The zero-order chi connectivity index (χ0) is 12.2. The Balaban J connectivity index is 3.83. The number of nitrogens with one attached hydrogen (secondary N) is 1. The Bertz CT molecular complexity index is 118. The molecule has 0 aromatic carbocycles. The molecule has 0 aromatic rings. The minimum Gasteiger partial charge on any atom is -0.396 e. The SMILES string of the molecule is CCOC(CNC(CCO)COC)OCC. The molecule has 0 amide bonds. The van der Waals surface area contributed by atoms with Gasteiger partial charge < -0.3 is 24.6 Å². The second kappa shape index (κ2) is 11.3. The average molecular weight is 235 g/mol. The summed E-state index contributed by atoms with van der Waals surface area (Å²) in [4.78, 5) is 0. The van der Waals surface area contributed by atoms with E-state index in [0.717, 1.165) is 0 Å². The maximum absolute atomic E-state index is 8.88. The summed E-state index contributed by atoms with van der Waals surface area (Å²) >= 11 is 0. The van der Waals surface area contributed by atoms with Crippen LogP contribution in [0, 0.1) is 0 Å². The average Bonchev–Trinajstić information content (AvgIpc) is 2.27. The van der Waals surface area contributed by atoms with Gasteiger partial charge in [-0.1, -0.05) is 0 Å². The highest BCUT2D eigenvalue weighted by atomic mass is 16.7. The summed E-state index contributed by atoms with van der Waals surface area (Å²) in [6, 6.07) is 0.137. The third kappa shape index (κ3) is 8.01. The molecule has 5 heteroatoms. The molecular formula is C11H25NO4. The molecule has 0 aromatic heterocycles. The molecule has 0 aliphatic carbocycles. The lowest BCUT2D eigenvalue weighted by Crippen LogP contribution is -2.40. The number of aliphatic hydroxyl groups excluding tert-OH is 1. The molecule has 0 aliphatic rings. The molecule has 2 N–H and O–H groups in total. The fraction of sp³-hybridized carbons (Fsp3) is 1.00. The van der Waals surface area contributed by atoms with Gasteiger partial charge in [-0.25, -0.2) is 0 Å². The van der Waals surface area contributed by atoms with Crippen molar-refractivity contribution >= 4 is 0 Å². The van der Waals surface area contributed by atoms with Crippen LogP contribution in [-0.2, 0) is 14.2 Å². The molecule has 0 heterocycles. The molecule has 1 atom stereocenters. The van der Waals surface area contributed by atoms with E-state index in [9.17, 15) is 0 Å². The fourth-order valence-corrected chi connectivity index (χ4v) is 1.40. The maximum atomic E-state index is 8.88. The second-order valence-electron chi connectivity index (χ2n) is 3.41. The van der Waals surface area contributed by atoms with E-state index in [1.54, 1.807) is 7.11 Å². The Hall–Kier alpha value is -0.200. The van der Waals surface area contributed by atoms with Gasteiger partial charge in [0.2, 0.25) is 0 Å². The van der Waals surface area contributed by atoms with Crippen molar-refractivity contribution in [1.82, 2.24) is 5.32 Å². The molecule has 98 valence electrons. The highest BCUT2D eigenvalue weighted by molar-refractivity contribution is 4.66. The van der Waals surface area contributed by atoms with Crippen molar-refractivity contribution in [2.24, 2.45) is 0 Å². The molecule has 16 heavy (non-hydrogen) atoms. The van der Waals surface area contributed by atoms with Crippen molar-refractivity contribution < 1.29 is 19.3 Å². The molecule has 0 rings (SSSR count). The van der Waals surface area contributed by atoms with E-state index < -0.39 is 0 Å². The van der Waals surface area contributed by atoms with E-state index in [-0.39, 0.29) is 18.9 Å². The van der Waals surface area contributed by atoms with Crippen LogP contribution in [-0.4, -0.2) is 57.5 Å². The topological polar surface area (TPSA) is 60.0 Å². The van der Waals surface area contributed by atoms with Crippen molar-refractivity contribution in [3.05, 3.63) is 0 Å². The molecule has 5 nitrogen and oxygen atoms in total. The van der Waals surface area contributed by atoms with Gasteiger partial charge in [-0.3, -0.25) is 0 Å². The molecular weight excluding hydrogens is 210 g/mol. The van der Waals surface area contributed by atoms with Gasteiger partial charge in [0, 0.05) is 39.5 Å². The van der Waals surface area contributed by atoms with Gasteiger partial charge in [-0.05, 0) is 20.3 Å². The van der Waals surface area contributed by atoms with Crippen molar-refractivity contribution in [2.75, 3.05) is 40.1 Å². The van der Waals surface area contributed by atoms with Gasteiger partial charge >= 0.3 is 0 Å². The Morgan fingerprint density at radius 1 is 1.19 bits per heavy atom. The van der Waals surface area contributed by atoms with Crippen LogP contribution in [0.25, 0.3) is 0 Å². The summed E-state index contributed by atoms with van der Waals surface area (Å²) in [7, 11) is 1.65. The highest BCUT2D eigenvalue weighted by Gasteiger charge is 2.12. The summed E-state index contributed by atoms with van der Waals surface area (Å²) in [5, 5.41) is 12.1. The van der Waals surface area contributed by atoms with Crippen LogP contribution in [0.4, 0.5) is 0 Å². The van der Waals surface area contributed by atoms with Crippen LogP contribution < -0.4 is 5.32 Å². The molecule has 0 fully saturated rings. The minimum absolute atomic E-state index is 0.137. The van der Waals surface area contributed by atoms with Gasteiger partial charge in [-0.15, -0.1) is 0 Å². The quantitative estimate of drug-likeness (QED) is 0.507. The molecule has 0 bridgehead atoms. The Morgan fingerprint density at radius 3 is 2.25 bits per heavy atom. The summed E-state index contributed by atoms with van der Waals surface area (Å²) in [6.07, 6.45) is 0.437. The number of ether oxygens (including phenoxy) is 3. The van der Waals surface area contributed by atoms with Crippen LogP contribution >= 0.6 is 0 Å². The monoisotopic (exact) mass is 235 g/mol. The van der Waals surface area contributed by atoms with Gasteiger partial charge in [-0.2, -0.15) is 0 Å². The molecule has 0 spiro atoms. The first-order valence-corrected chi connectivity index (χ1v) is 5.84. The number of hydrogen-bond donors (Lipinski definition) is 2. The first-order valence-electron chi connectivity index (χ1n) is 5.84. The van der Waals surface area contributed by atoms with E-state index in [2.05, 4.69) is 5.32 Å². The van der Waals surface area contributed by atoms with Crippen molar-refractivity contribution in [3.8, 4) is 0 Å². The van der Waals surface area contributed by atoms with Crippen molar-refractivity contribution in [2.45, 2.75) is 32.6 Å². The predicted molar refractivity (Wildman–Crippen MR) is 62.4 cm³/mol. The van der Waals surface area contributed by atoms with E-state index in [4.69, 9.17) is 19.3 Å². The third-order valence-corrected chi connectivity index (χ3v) is 2.12. The van der Waals surface area contributed by atoms with Crippen molar-refractivity contribution in [1.29, 1.82) is 0 Å². The lowest BCUT2D eigenvalue weighted by Gasteiger charge is -2.22. The predicted octanol–water partition coefficient (Wildman–Crippen LogP) is 0.373. The molecule has 0 saturated carbocycles. The van der Waals surface area contributed by atoms with Crippen LogP contribution in [0.2, 0.25) is 0 Å². The first kappa shape index (κ1) is 15.8. The third-order valence-electron chi connectivity index (χ3n) is 2.12.